The number of ether oxygens (including phenoxy) is 1. The Morgan fingerprint density at radius 1 is 1.00 bits per heavy atom. The Morgan fingerprint density at radius 2 is 1.63 bits per heavy atom. The number of nitrogens with zero attached hydrogens (tertiary/aromatic N) is 3. The van der Waals surface area contributed by atoms with E-state index in [0.29, 0.717) is 39.5 Å². The van der Waals surface area contributed by atoms with Gasteiger partial charge in [0, 0.05) is 19.4 Å². The lowest BCUT2D eigenvalue weighted by Gasteiger charge is -2.19. The summed E-state index contributed by atoms with van der Waals surface area (Å²) >= 11 is 1.35. The van der Waals surface area contributed by atoms with Crippen molar-refractivity contribution in [2.45, 2.75) is 18.1 Å². The Morgan fingerprint density at radius 3 is 2.30 bits per heavy atom. The molecule has 0 aliphatic carbocycles. The normalized spacial score (nSPS) is 14.4. The molecule has 1 aliphatic heterocycles. The van der Waals surface area contributed by atoms with E-state index in [1.165, 1.54) is 16.7 Å². The zero-order chi connectivity index (χ0) is 21.3. The minimum atomic E-state index is -0.284. The Bertz CT molecular complexity index is 1160. The first kappa shape index (κ1) is 20.3. The van der Waals surface area contributed by atoms with E-state index in [-0.39, 0.29) is 30.0 Å². The summed E-state index contributed by atoms with van der Waals surface area (Å²) in [5.74, 6) is -0.142. The molecule has 1 atom stereocenters. The second-order valence-corrected chi connectivity index (χ2v) is 8.11. The molecule has 0 fully saturated rings. The van der Waals surface area contributed by atoms with E-state index in [2.05, 4.69) is 4.98 Å². The molecular weight excluding hydrogens is 402 g/mol. The van der Waals surface area contributed by atoms with Crippen LogP contribution in [0.3, 0.4) is 0 Å². The molecule has 0 radical (unpaired) electrons. The number of hydrogen-bond acceptors (Lipinski definition) is 6. The number of benzene rings is 2. The highest BCUT2D eigenvalue weighted by molar-refractivity contribution is 7.99. The molecular formula is C22H21N3O4S. The maximum atomic E-state index is 13.1. The molecule has 3 aromatic rings. The average molecular weight is 423 g/mol. The van der Waals surface area contributed by atoms with Crippen LogP contribution in [0.2, 0.25) is 0 Å². The zero-order valence-corrected chi connectivity index (χ0v) is 17.5. The Labute approximate surface area is 177 Å². The molecule has 1 unspecified atom stereocenters. The van der Waals surface area contributed by atoms with E-state index in [1.807, 2.05) is 19.1 Å². The fourth-order valence-corrected chi connectivity index (χ4v) is 4.62. The lowest BCUT2D eigenvalue weighted by molar-refractivity contribution is 0.0664. The predicted molar refractivity (Wildman–Crippen MR) is 115 cm³/mol. The van der Waals surface area contributed by atoms with Crippen molar-refractivity contribution in [1.29, 1.82) is 0 Å². The summed E-state index contributed by atoms with van der Waals surface area (Å²) in [5.41, 5.74) is 1.35. The highest BCUT2D eigenvalue weighted by Crippen LogP contribution is 2.25. The van der Waals surface area contributed by atoms with E-state index < -0.39 is 0 Å². The van der Waals surface area contributed by atoms with Crippen LogP contribution >= 0.6 is 11.8 Å². The zero-order valence-electron chi connectivity index (χ0n) is 16.7. The molecule has 8 heteroatoms. The monoisotopic (exact) mass is 423 g/mol. The predicted octanol–water partition coefficient (Wildman–Crippen LogP) is 2.99. The van der Waals surface area contributed by atoms with Gasteiger partial charge in [0.1, 0.15) is 0 Å². The van der Waals surface area contributed by atoms with E-state index in [0.717, 1.165) is 0 Å². The summed E-state index contributed by atoms with van der Waals surface area (Å²) in [7, 11) is 1.59. The summed E-state index contributed by atoms with van der Waals surface area (Å²) in [6.45, 7) is 2.50. The Balaban J connectivity index is 1.58. The summed E-state index contributed by atoms with van der Waals surface area (Å²) in [5, 5.41) is 1.09. The molecule has 1 aromatic heterocycles. The molecule has 30 heavy (non-hydrogen) atoms. The van der Waals surface area contributed by atoms with Gasteiger partial charge >= 0.3 is 0 Å². The van der Waals surface area contributed by atoms with E-state index in [4.69, 9.17) is 4.74 Å². The van der Waals surface area contributed by atoms with Crippen LogP contribution < -0.4 is 5.56 Å². The van der Waals surface area contributed by atoms with Crippen molar-refractivity contribution in [2.24, 2.45) is 0 Å². The first-order valence-electron chi connectivity index (χ1n) is 9.61. The molecule has 0 spiro atoms. The van der Waals surface area contributed by atoms with Crippen molar-refractivity contribution in [3.05, 3.63) is 70.0 Å². The number of rotatable bonds is 7. The van der Waals surface area contributed by atoms with Gasteiger partial charge in [-0.25, -0.2) is 4.98 Å². The number of para-hydroxylation sites is 1. The van der Waals surface area contributed by atoms with Crippen molar-refractivity contribution in [1.82, 2.24) is 14.5 Å². The van der Waals surface area contributed by atoms with Gasteiger partial charge < -0.3 is 4.74 Å². The van der Waals surface area contributed by atoms with Crippen molar-refractivity contribution in [3.8, 4) is 0 Å². The summed E-state index contributed by atoms with van der Waals surface area (Å²) in [6, 6.07) is 13.8. The molecule has 2 heterocycles. The van der Waals surface area contributed by atoms with Crippen LogP contribution in [0, 0.1) is 0 Å². The first-order chi connectivity index (χ1) is 14.5. The molecule has 7 nitrogen and oxygen atoms in total. The minimum Gasteiger partial charge on any atom is -0.383 e. The average Bonchev–Trinajstić information content (AvgIpc) is 2.99. The second kappa shape index (κ2) is 8.41. The Kier molecular flexibility index (Phi) is 5.69. The maximum absolute atomic E-state index is 13.1. The van der Waals surface area contributed by atoms with Gasteiger partial charge in [-0.3, -0.25) is 23.9 Å². The quantitative estimate of drug-likeness (QED) is 0.330. The number of thioether (sulfide) groups is 1. The van der Waals surface area contributed by atoms with E-state index in [1.54, 1.807) is 48.1 Å². The van der Waals surface area contributed by atoms with Crippen LogP contribution in [0.1, 0.15) is 33.7 Å². The number of fused-ring (bicyclic) bond motifs is 2. The van der Waals surface area contributed by atoms with Crippen molar-refractivity contribution >= 4 is 34.5 Å². The summed E-state index contributed by atoms with van der Waals surface area (Å²) < 4.78 is 6.86. The highest BCUT2D eigenvalue weighted by atomic mass is 32.2. The number of imide groups is 1. The van der Waals surface area contributed by atoms with Crippen LogP contribution in [0.15, 0.2) is 58.5 Å². The molecule has 0 saturated carbocycles. The van der Waals surface area contributed by atoms with Crippen LogP contribution in [0.25, 0.3) is 10.9 Å². The fraction of sp³-hybridized carbons (Fsp3) is 0.273. The molecule has 4 rings (SSSR count). The van der Waals surface area contributed by atoms with Gasteiger partial charge in [-0.15, -0.1) is 0 Å². The molecule has 0 bridgehead atoms. The number of methoxy groups -OCH3 is 1. The van der Waals surface area contributed by atoms with Gasteiger partial charge in [-0.2, -0.15) is 0 Å². The molecule has 154 valence electrons. The minimum absolute atomic E-state index is 0.131. The number of carbonyl (C=O) groups is 2. The second-order valence-electron chi connectivity index (χ2n) is 7.05. The van der Waals surface area contributed by atoms with Gasteiger partial charge in [0.25, 0.3) is 17.4 Å². The van der Waals surface area contributed by atoms with Crippen molar-refractivity contribution in [3.63, 3.8) is 0 Å². The fourth-order valence-electron chi connectivity index (χ4n) is 3.60. The molecule has 0 N–H and O–H groups in total. The van der Waals surface area contributed by atoms with E-state index in [9.17, 15) is 14.4 Å². The van der Waals surface area contributed by atoms with Crippen molar-refractivity contribution in [2.75, 3.05) is 26.0 Å². The van der Waals surface area contributed by atoms with Crippen molar-refractivity contribution < 1.29 is 14.3 Å². The first-order valence-corrected chi connectivity index (χ1v) is 10.6. The highest BCUT2D eigenvalue weighted by Gasteiger charge is 2.34. The third kappa shape index (κ3) is 3.53. The molecule has 0 saturated heterocycles. The largest absolute Gasteiger partial charge is 0.383 e. The lowest BCUT2D eigenvalue weighted by atomic mass is 10.1. The number of carbonyl (C=O) groups excluding carboxylic acids is 2. The number of amides is 2. The third-order valence-electron chi connectivity index (χ3n) is 5.05. The smallest absolute Gasteiger partial charge is 0.262 e. The maximum Gasteiger partial charge on any atom is 0.262 e. The SMILES string of the molecule is COCC(C)n1c(SCCN2C(=O)c3ccccc3C2=O)nc2ccccc2c1=O. The molecule has 2 amide bonds. The lowest BCUT2D eigenvalue weighted by Crippen LogP contribution is -2.32. The van der Waals surface area contributed by atoms with Crippen LogP contribution in [0.4, 0.5) is 0 Å². The van der Waals surface area contributed by atoms with E-state index >= 15 is 0 Å². The van der Waals surface area contributed by atoms with Crippen LogP contribution in [-0.4, -0.2) is 52.3 Å². The van der Waals surface area contributed by atoms with Gasteiger partial charge in [-0.05, 0) is 31.2 Å². The number of hydrogen-bond donors (Lipinski definition) is 0. The topological polar surface area (TPSA) is 81.5 Å². The van der Waals surface area contributed by atoms with Crippen LogP contribution in [0.5, 0.6) is 0 Å². The van der Waals surface area contributed by atoms with Gasteiger partial charge in [0.05, 0.1) is 34.7 Å². The number of aromatic nitrogens is 2. The third-order valence-corrected chi connectivity index (χ3v) is 5.98. The van der Waals surface area contributed by atoms with Gasteiger partial charge in [0.15, 0.2) is 5.16 Å². The summed E-state index contributed by atoms with van der Waals surface area (Å²) in [6.07, 6.45) is 0. The van der Waals surface area contributed by atoms with Gasteiger partial charge in [0.2, 0.25) is 0 Å². The van der Waals surface area contributed by atoms with Crippen LogP contribution in [-0.2, 0) is 4.74 Å². The summed E-state index contributed by atoms with van der Waals surface area (Å²) in [4.78, 5) is 44.1. The standard InChI is InChI=1S/C22H21N3O4S/c1-14(13-29-2)25-21(28)17-9-5-6-10-18(17)23-22(25)30-12-11-24-19(26)15-7-3-4-8-16(15)20(24)27/h3-10,14H,11-13H2,1-2H3. The Hall–Kier alpha value is -2.97. The molecule has 2 aromatic carbocycles. The van der Waals surface area contributed by atoms with Gasteiger partial charge in [-0.1, -0.05) is 36.0 Å². The molecule has 1 aliphatic rings.